The molecule has 4 heteroatoms. The average molecular weight is 217 g/mol. The van der Waals surface area contributed by atoms with Crippen LogP contribution in [-0.4, -0.2) is 16.3 Å². The van der Waals surface area contributed by atoms with Crippen LogP contribution in [0.3, 0.4) is 0 Å². The normalized spacial score (nSPS) is 13.6. The minimum atomic E-state index is -0.213. The van der Waals surface area contributed by atoms with Gasteiger partial charge in [-0.25, -0.2) is 4.39 Å². The number of hydrogen-bond donors (Lipinski definition) is 1. The maximum absolute atomic E-state index is 13.7. The van der Waals surface area contributed by atoms with Crippen LogP contribution in [0.1, 0.15) is 5.56 Å². The first kappa shape index (κ1) is 9.39. The molecule has 1 N–H and O–H groups in total. The predicted octanol–water partition coefficient (Wildman–Crippen LogP) is 2.19. The van der Waals surface area contributed by atoms with Crippen LogP contribution in [0.25, 0.3) is 11.3 Å². The van der Waals surface area contributed by atoms with Crippen LogP contribution in [0.15, 0.2) is 24.3 Å². The van der Waals surface area contributed by atoms with E-state index in [1.165, 1.54) is 6.07 Å². The molecular formula is C12H12FN3. The quantitative estimate of drug-likeness (QED) is 0.793. The molecule has 1 aromatic carbocycles. The summed E-state index contributed by atoms with van der Waals surface area (Å²) in [6.07, 6.45) is 0.910. The van der Waals surface area contributed by atoms with E-state index in [0.29, 0.717) is 5.56 Å². The molecule has 0 saturated carbocycles. The molecule has 0 fully saturated rings. The maximum atomic E-state index is 13.7. The molecule has 1 aliphatic rings. The van der Waals surface area contributed by atoms with E-state index in [4.69, 9.17) is 0 Å². The lowest BCUT2D eigenvalue weighted by Gasteiger charge is -2.00. The van der Waals surface area contributed by atoms with Gasteiger partial charge in [-0.1, -0.05) is 12.1 Å². The van der Waals surface area contributed by atoms with Gasteiger partial charge in [0, 0.05) is 24.7 Å². The number of aryl methyl sites for hydroxylation is 1. The van der Waals surface area contributed by atoms with E-state index < -0.39 is 0 Å². The largest absolute Gasteiger partial charge is 0.370 e. The Morgan fingerprint density at radius 2 is 2.19 bits per heavy atom. The van der Waals surface area contributed by atoms with Crippen molar-refractivity contribution in [3.63, 3.8) is 0 Å². The van der Waals surface area contributed by atoms with Crippen LogP contribution in [0.5, 0.6) is 0 Å². The molecule has 3 rings (SSSR count). The van der Waals surface area contributed by atoms with Crippen molar-refractivity contribution in [3.05, 3.63) is 35.6 Å². The Bertz CT molecular complexity index is 545. The summed E-state index contributed by atoms with van der Waals surface area (Å²) in [4.78, 5) is 0. The molecule has 2 aromatic rings. The number of nitrogens with one attached hydrogen (secondary N) is 1. The molecule has 0 bridgehead atoms. The number of anilines is 1. The minimum Gasteiger partial charge on any atom is -0.370 e. The number of benzene rings is 1. The number of hydrogen-bond acceptors (Lipinski definition) is 2. The van der Waals surface area contributed by atoms with Gasteiger partial charge < -0.3 is 5.32 Å². The Morgan fingerprint density at radius 3 is 3.00 bits per heavy atom. The van der Waals surface area contributed by atoms with Crippen LogP contribution in [-0.2, 0) is 13.5 Å². The van der Waals surface area contributed by atoms with Crippen LogP contribution >= 0.6 is 0 Å². The van der Waals surface area contributed by atoms with Gasteiger partial charge in [0.25, 0.3) is 0 Å². The Kier molecular flexibility index (Phi) is 1.96. The standard InChI is InChI=1S/C12H12FN3/c1-16-12-9(6-7-14-12)11(15-16)8-4-2-3-5-10(8)13/h2-5,14H,6-7H2,1H3. The number of aromatic nitrogens is 2. The van der Waals surface area contributed by atoms with Gasteiger partial charge >= 0.3 is 0 Å². The number of nitrogens with zero attached hydrogens (tertiary/aromatic N) is 2. The van der Waals surface area contributed by atoms with Gasteiger partial charge in [0.15, 0.2) is 0 Å². The van der Waals surface area contributed by atoms with Gasteiger partial charge in [0.1, 0.15) is 17.3 Å². The zero-order valence-corrected chi connectivity index (χ0v) is 9.00. The molecule has 1 aromatic heterocycles. The fourth-order valence-electron chi connectivity index (χ4n) is 2.20. The summed E-state index contributed by atoms with van der Waals surface area (Å²) in [7, 11) is 1.88. The minimum absolute atomic E-state index is 0.213. The highest BCUT2D eigenvalue weighted by atomic mass is 19.1. The third-order valence-electron chi connectivity index (χ3n) is 2.94. The Labute approximate surface area is 92.9 Å². The lowest BCUT2D eigenvalue weighted by molar-refractivity contribution is 0.629. The van der Waals surface area contributed by atoms with Gasteiger partial charge in [0.2, 0.25) is 0 Å². The third kappa shape index (κ3) is 1.23. The van der Waals surface area contributed by atoms with E-state index in [1.54, 1.807) is 16.8 Å². The Balaban J connectivity index is 2.21. The molecule has 82 valence electrons. The molecule has 0 spiro atoms. The number of rotatable bonds is 1. The van der Waals surface area contributed by atoms with Crippen LogP contribution in [0.4, 0.5) is 10.2 Å². The van der Waals surface area contributed by atoms with Crippen molar-refractivity contribution in [2.45, 2.75) is 6.42 Å². The van der Waals surface area contributed by atoms with Crippen molar-refractivity contribution in [2.75, 3.05) is 11.9 Å². The van der Waals surface area contributed by atoms with Crippen LogP contribution in [0, 0.1) is 5.82 Å². The smallest absolute Gasteiger partial charge is 0.132 e. The van der Waals surface area contributed by atoms with Crippen molar-refractivity contribution in [1.82, 2.24) is 9.78 Å². The summed E-state index contributed by atoms with van der Waals surface area (Å²) in [5, 5.41) is 7.63. The number of halogens is 1. The molecule has 0 atom stereocenters. The third-order valence-corrected chi connectivity index (χ3v) is 2.94. The van der Waals surface area contributed by atoms with E-state index in [2.05, 4.69) is 10.4 Å². The van der Waals surface area contributed by atoms with Crippen molar-refractivity contribution in [1.29, 1.82) is 0 Å². The SMILES string of the molecule is Cn1nc(-c2ccccc2F)c2c1NCC2. The van der Waals surface area contributed by atoms with Crippen LogP contribution < -0.4 is 5.32 Å². The second-order valence-corrected chi connectivity index (χ2v) is 3.96. The lowest BCUT2D eigenvalue weighted by atomic mass is 10.1. The van der Waals surface area contributed by atoms with E-state index >= 15 is 0 Å². The highest BCUT2D eigenvalue weighted by molar-refractivity contribution is 5.71. The van der Waals surface area contributed by atoms with E-state index in [9.17, 15) is 4.39 Å². The molecule has 16 heavy (non-hydrogen) atoms. The Morgan fingerprint density at radius 1 is 1.38 bits per heavy atom. The summed E-state index contributed by atoms with van der Waals surface area (Å²) in [6.45, 7) is 0.905. The first-order chi connectivity index (χ1) is 7.77. The van der Waals surface area contributed by atoms with Crippen molar-refractivity contribution in [2.24, 2.45) is 7.05 Å². The first-order valence-corrected chi connectivity index (χ1v) is 5.32. The summed E-state index contributed by atoms with van der Waals surface area (Å²) >= 11 is 0. The van der Waals surface area contributed by atoms with Crippen molar-refractivity contribution in [3.8, 4) is 11.3 Å². The maximum Gasteiger partial charge on any atom is 0.132 e. The summed E-state index contributed by atoms with van der Waals surface area (Å²) in [5.41, 5.74) is 2.47. The molecule has 0 aliphatic carbocycles. The molecular weight excluding hydrogens is 205 g/mol. The van der Waals surface area contributed by atoms with Gasteiger partial charge in [-0.05, 0) is 18.6 Å². The van der Waals surface area contributed by atoms with Gasteiger partial charge in [-0.3, -0.25) is 4.68 Å². The molecule has 0 radical (unpaired) electrons. The molecule has 2 heterocycles. The zero-order valence-electron chi connectivity index (χ0n) is 9.00. The van der Waals surface area contributed by atoms with Crippen LogP contribution in [0.2, 0.25) is 0 Å². The fourth-order valence-corrected chi connectivity index (χ4v) is 2.20. The molecule has 1 aliphatic heterocycles. The molecule has 0 unspecified atom stereocenters. The lowest BCUT2D eigenvalue weighted by Crippen LogP contribution is -2.01. The monoisotopic (exact) mass is 217 g/mol. The predicted molar refractivity (Wildman–Crippen MR) is 60.8 cm³/mol. The summed E-state index contributed by atoms with van der Waals surface area (Å²) in [5.74, 6) is 0.800. The fraction of sp³-hybridized carbons (Fsp3) is 0.250. The molecule has 0 amide bonds. The average Bonchev–Trinajstić information content (AvgIpc) is 2.84. The first-order valence-electron chi connectivity index (χ1n) is 5.32. The van der Waals surface area contributed by atoms with Gasteiger partial charge in [-0.15, -0.1) is 0 Å². The van der Waals surface area contributed by atoms with E-state index in [0.717, 1.165) is 30.0 Å². The highest BCUT2D eigenvalue weighted by Crippen LogP contribution is 2.33. The topological polar surface area (TPSA) is 29.9 Å². The zero-order chi connectivity index (χ0) is 11.1. The number of fused-ring (bicyclic) bond motifs is 1. The van der Waals surface area contributed by atoms with Gasteiger partial charge in [0.05, 0.1) is 0 Å². The van der Waals surface area contributed by atoms with Gasteiger partial charge in [-0.2, -0.15) is 5.10 Å². The molecule has 3 nitrogen and oxygen atoms in total. The Hall–Kier alpha value is -1.84. The highest BCUT2D eigenvalue weighted by Gasteiger charge is 2.22. The molecule has 0 saturated heterocycles. The van der Waals surface area contributed by atoms with E-state index in [1.807, 2.05) is 13.1 Å². The van der Waals surface area contributed by atoms with E-state index in [-0.39, 0.29) is 5.82 Å². The summed E-state index contributed by atoms with van der Waals surface area (Å²) in [6, 6.07) is 6.77. The van der Waals surface area contributed by atoms with Crippen molar-refractivity contribution >= 4 is 5.82 Å². The van der Waals surface area contributed by atoms with Crippen molar-refractivity contribution < 1.29 is 4.39 Å². The second kappa shape index (κ2) is 3.33. The summed E-state index contributed by atoms with van der Waals surface area (Å²) < 4.78 is 15.5. The second-order valence-electron chi connectivity index (χ2n) is 3.96.